The Balaban J connectivity index is 2.21. The molecule has 1 amide bonds. The molecule has 0 radical (unpaired) electrons. The minimum Gasteiger partial charge on any atom is -0.395 e. The summed E-state index contributed by atoms with van der Waals surface area (Å²) < 4.78 is 1.88. The summed E-state index contributed by atoms with van der Waals surface area (Å²) in [5, 5.41) is 10.6. The van der Waals surface area contributed by atoms with Gasteiger partial charge in [-0.1, -0.05) is 17.7 Å². The molecule has 1 aromatic heterocycles. The average Bonchev–Trinajstić information content (AvgIpc) is 2.78. The van der Waals surface area contributed by atoms with Crippen LogP contribution in [0.2, 0.25) is 5.02 Å². The lowest BCUT2D eigenvalue weighted by atomic mass is 10.2. The first-order valence-corrected chi connectivity index (χ1v) is 6.66. The van der Waals surface area contributed by atoms with Crippen molar-refractivity contribution in [3.8, 4) is 0 Å². The van der Waals surface area contributed by atoms with Crippen molar-refractivity contribution >= 4 is 28.4 Å². The summed E-state index contributed by atoms with van der Waals surface area (Å²) in [7, 11) is 0. The van der Waals surface area contributed by atoms with E-state index in [9.17, 15) is 4.79 Å². The largest absolute Gasteiger partial charge is 0.395 e. The van der Waals surface area contributed by atoms with E-state index >= 15 is 0 Å². The van der Waals surface area contributed by atoms with Gasteiger partial charge in [0, 0.05) is 29.8 Å². The van der Waals surface area contributed by atoms with Crippen LogP contribution >= 0.6 is 11.6 Å². The SMILES string of the molecule is CCN(CCO)C(=O)Cn1ccc2ccc(Cl)cc21. The first-order valence-electron chi connectivity index (χ1n) is 6.28. The summed E-state index contributed by atoms with van der Waals surface area (Å²) in [6.45, 7) is 3.11. The molecule has 0 spiro atoms. The summed E-state index contributed by atoms with van der Waals surface area (Å²) >= 11 is 5.98. The lowest BCUT2D eigenvalue weighted by Gasteiger charge is -2.20. The van der Waals surface area contributed by atoms with Crippen LogP contribution in [0.5, 0.6) is 0 Å². The number of benzene rings is 1. The van der Waals surface area contributed by atoms with E-state index in [2.05, 4.69) is 0 Å². The van der Waals surface area contributed by atoms with Crippen LogP contribution in [0.4, 0.5) is 0 Å². The molecular weight excluding hydrogens is 264 g/mol. The van der Waals surface area contributed by atoms with Crippen LogP contribution in [0.3, 0.4) is 0 Å². The number of nitrogens with zero attached hydrogens (tertiary/aromatic N) is 2. The summed E-state index contributed by atoms with van der Waals surface area (Å²) in [5.74, 6) is -0.00553. The zero-order valence-electron chi connectivity index (χ0n) is 10.8. The number of likely N-dealkylation sites (N-methyl/N-ethyl adjacent to an activating group) is 1. The standard InChI is InChI=1S/C14H17ClN2O2/c1-2-16(7-8-18)14(19)10-17-6-5-11-3-4-12(15)9-13(11)17/h3-6,9,18H,2,7-8,10H2,1H3. The minimum absolute atomic E-state index is 0.00553. The highest BCUT2D eigenvalue weighted by atomic mass is 35.5. The number of carbonyl (C=O) groups excluding carboxylic acids is 1. The van der Waals surface area contributed by atoms with Crippen LogP contribution in [0.25, 0.3) is 10.9 Å². The molecule has 0 atom stereocenters. The summed E-state index contributed by atoms with van der Waals surface area (Å²) in [5.41, 5.74) is 0.945. The van der Waals surface area contributed by atoms with Crippen molar-refractivity contribution in [2.24, 2.45) is 0 Å². The summed E-state index contributed by atoms with van der Waals surface area (Å²) in [6.07, 6.45) is 1.88. The third kappa shape index (κ3) is 3.08. The van der Waals surface area contributed by atoms with Crippen LogP contribution in [0.1, 0.15) is 6.92 Å². The van der Waals surface area contributed by atoms with Gasteiger partial charge in [-0.05, 0) is 30.5 Å². The van der Waals surface area contributed by atoms with Crippen molar-refractivity contribution in [2.75, 3.05) is 19.7 Å². The van der Waals surface area contributed by atoms with Crippen molar-refractivity contribution < 1.29 is 9.90 Å². The Morgan fingerprint density at radius 2 is 2.21 bits per heavy atom. The van der Waals surface area contributed by atoms with E-state index in [0.717, 1.165) is 10.9 Å². The quantitative estimate of drug-likeness (QED) is 0.912. The summed E-state index contributed by atoms with van der Waals surface area (Å²) in [4.78, 5) is 13.8. The van der Waals surface area contributed by atoms with Crippen molar-refractivity contribution in [3.05, 3.63) is 35.5 Å². The number of aliphatic hydroxyl groups is 1. The average molecular weight is 281 g/mol. The fourth-order valence-corrected chi connectivity index (χ4v) is 2.29. The van der Waals surface area contributed by atoms with Gasteiger partial charge in [0.05, 0.1) is 6.61 Å². The molecule has 19 heavy (non-hydrogen) atoms. The first-order chi connectivity index (χ1) is 9.15. The van der Waals surface area contributed by atoms with E-state index in [0.29, 0.717) is 18.1 Å². The molecule has 4 nitrogen and oxygen atoms in total. The normalized spacial score (nSPS) is 10.9. The number of hydrogen-bond acceptors (Lipinski definition) is 2. The molecule has 0 fully saturated rings. The second kappa shape index (κ2) is 6.08. The predicted molar refractivity (Wildman–Crippen MR) is 76.3 cm³/mol. The van der Waals surface area contributed by atoms with E-state index in [1.807, 2.05) is 42.0 Å². The van der Waals surface area contributed by atoms with Crippen molar-refractivity contribution in [2.45, 2.75) is 13.5 Å². The second-order valence-electron chi connectivity index (χ2n) is 4.34. The highest BCUT2D eigenvalue weighted by Crippen LogP contribution is 2.20. The third-order valence-corrected chi connectivity index (χ3v) is 3.38. The Bertz CT molecular complexity index is 580. The highest BCUT2D eigenvalue weighted by molar-refractivity contribution is 6.31. The number of aromatic nitrogens is 1. The van der Waals surface area contributed by atoms with E-state index in [1.54, 1.807) is 4.90 Å². The lowest BCUT2D eigenvalue weighted by Crippen LogP contribution is -2.35. The predicted octanol–water partition coefficient (Wildman–Crippen LogP) is 2.14. The topological polar surface area (TPSA) is 45.5 Å². The third-order valence-electron chi connectivity index (χ3n) is 3.15. The molecule has 0 aliphatic carbocycles. The molecule has 1 N–H and O–H groups in total. The molecule has 2 aromatic rings. The van der Waals surface area contributed by atoms with Gasteiger partial charge in [0.1, 0.15) is 6.54 Å². The van der Waals surface area contributed by atoms with E-state index in [-0.39, 0.29) is 19.1 Å². The van der Waals surface area contributed by atoms with Crippen LogP contribution in [-0.2, 0) is 11.3 Å². The van der Waals surface area contributed by atoms with Crippen molar-refractivity contribution in [1.82, 2.24) is 9.47 Å². The molecule has 2 rings (SSSR count). The number of hydrogen-bond donors (Lipinski definition) is 1. The molecule has 0 saturated heterocycles. The molecule has 0 aliphatic heterocycles. The minimum atomic E-state index is -0.0160. The number of rotatable bonds is 5. The molecule has 1 heterocycles. The van der Waals surface area contributed by atoms with Crippen molar-refractivity contribution in [3.63, 3.8) is 0 Å². The maximum atomic E-state index is 12.1. The van der Waals surface area contributed by atoms with Crippen LogP contribution in [-0.4, -0.2) is 40.2 Å². The fourth-order valence-electron chi connectivity index (χ4n) is 2.12. The number of amides is 1. The maximum Gasteiger partial charge on any atom is 0.242 e. The molecule has 0 saturated carbocycles. The molecular formula is C14H17ClN2O2. The number of carbonyl (C=O) groups is 1. The Labute approximate surface area is 117 Å². The molecule has 0 aliphatic rings. The van der Waals surface area contributed by atoms with Gasteiger partial charge in [0.15, 0.2) is 0 Å². The highest BCUT2D eigenvalue weighted by Gasteiger charge is 2.12. The molecule has 1 aromatic carbocycles. The van der Waals surface area contributed by atoms with Gasteiger partial charge in [-0.3, -0.25) is 4.79 Å². The van der Waals surface area contributed by atoms with Gasteiger partial charge >= 0.3 is 0 Å². The number of fused-ring (bicyclic) bond motifs is 1. The first kappa shape index (κ1) is 13.9. The Hall–Kier alpha value is -1.52. The zero-order valence-corrected chi connectivity index (χ0v) is 11.6. The van der Waals surface area contributed by atoms with E-state index in [4.69, 9.17) is 16.7 Å². The Kier molecular flexibility index (Phi) is 4.45. The van der Waals surface area contributed by atoms with Gasteiger partial charge < -0.3 is 14.6 Å². The van der Waals surface area contributed by atoms with E-state index in [1.165, 1.54) is 0 Å². The van der Waals surface area contributed by atoms with Gasteiger partial charge in [-0.15, -0.1) is 0 Å². The lowest BCUT2D eigenvalue weighted by molar-refractivity contribution is -0.132. The van der Waals surface area contributed by atoms with Gasteiger partial charge in [0.25, 0.3) is 0 Å². The molecule has 0 bridgehead atoms. The molecule has 5 heteroatoms. The van der Waals surface area contributed by atoms with Crippen LogP contribution in [0, 0.1) is 0 Å². The molecule has 0 unspecified atom stereocenters. The Morgan fingerprint density at radius 1 is 1.42 bits per heavy atom. The van der Waals surface area contributed by atoms with Gasteiger partial charge in [-0.2, -0.15) is 0 Å². The second-order valence-corrected chi connectivity index (χ2v) is 4.78. The number of halogens is 1. The molecule has 102 valence electrons. The maximum absolute atomic E-state index is 12.1. The van der Waals surface area contributed by atoms with E-state index < -0.39 is 0 Å². The van der Waals surface area contributed by atoms with Gasteiger partial charge in [0.2, 0.25) is 5.91 Å². The zero-order chi connectivity index (χ0) is 13.8. The number of aliphatic hydroxyl groups excluding tert-OH is 1. The fraction of sp³-hybridized carbons (Fsp3) is 0.357. The smallest absolute Gasteiger partial charge is 0.242 e. The van der Waals surface area contributed by atoms with Crippen LogP contribution < -0.4 is 0 Å². The Morgan fingerprint density at radius 3 is 2.89 bits per heavy atom. The van der Waals surface area contributed by atoms with Crippen LogP contribution in [0.15, 0.2) is 30.5 Å². The monoisotopic (exact) mass is 280 g/mol. The van der Waals surface area contributed by atoms with Gasteiger partial charge in [-0.25, -0.2) is 0 Å². The van der Waals surface area contributed by atoms with Crippen molar-refractivity contribution in [1.29, 1.82) is 0 Å². The summed E-state index contributed by atoms with van der Waals surface area (Å²) in [6, 6.07) is 7.58.